The van der Waals surface area contributed by atoms with Crippen molar-refractivity contribution in [2.45, 2.75) is 26.0 Å². The first-order valence-corrected chi connectivity index (χ1v) is 12.5. The third-order valence-electron chi connectivity index (χ3n) is 6.81. The average molecular weight is 506 g/mol. The minimum Gasteiger partial charge on any atom is -0.376 e. The number of aryl methyl sites for hydroxylation is 1. The van der Waals surface area contributed by atoms with Gasteiger partial charge in [-0.25, -0.2) is 0 Å². The van der Waals surface area contributed by atoms with Gasteiger partial charge in [0.2, 0.25) is 0 Å². The number of thiophene rings is 1. The standard InChI is InChI=1S/C24H25Cl2N3O3S/c1-12-22-14(5-7-33-22)17(23(30)27-12)11-29-6-4-15-18(25)8-16(20(26)19(15)24(29)31)21(32-3)13-9-28(2)10-13/h5,7-8,13,21H,4,6,9-11H2,1-3H3,(H,27,30). The van der Waals surface area contributed by atoms with Crippen molar-refractivity contribution >= 4 is 50.5 Å². The molecule has 0 bridgehead atoms. The number of aromatic amines is 1. The Labute approximate surface area is 206 Å². The number of pyridine rings is 1. The summed E-state index contributed by atoms with van der Waals surface area (Å²) in [6, 6.07) is 3.80. The largest absolute Gasteiger partial charge is 0.376 e. The summed E-state index contributed by atoms with van der Waals surface area (Å²) in [6.45, 7) is 4.39. The number of nitrogens with zero attached hydrogens (tertiary/aromatic N) is 2. The molecule has 3 aromatic rings. The van der Waals surface area contributed by atoms with Gasteiger partial charge in [0.1, 0.15) is 0 Å². The maximum atomic E-state index is 13.6. The van der Waals surface area contributed by atoms with Crippen LogP contribution in [0.1, 0.15) is 38.8 Å². The highest BCUT2D eigenvalue weighted by atomic mass is 35.5. The lowest BCUT2D eigenvalue weighted by Crippen LogP contribution is -2.47. The Morgan fingerprint density at radius 2 is 2.06 bits per heavy atom. The molecule has 0 spiro atoms. The second-order valence-electron chi connectivity index (χ2n) is 8.95. The summed E-state index contributed by atoms with van der Waals surface area (Å²) in [6.07, 6.45) is 0.352. The SMILES string of the molecule is COC(c1cc(Cl)c2c(c1Cl)C(=O)N(Cc1c(=O)[nH]c(C)c3sccc13)CC2)C1CN(C)C1. The summed E-state index contributed by atoms with van der Waals surface area (Å²) in [7, 11) is 3.72. The number of benzene rings is 1. The molecule has 5 rings (SSSR count). The van der Waals surface area contributed by atoms with Gasteiger partial charge in [0, 0.05) is 59.9 Å². The Balaban J connectivity index is 1.52. The zero-order valence-corrected chi connectivity index (χ0v) is 21.0. The number of carbonyl (C=O) groups is 1. The van der Waals surface area contributed by atoms with Crippen molar-refractivity contribution in [3.05, 3.63) is 65.9 Å². The molecular weight excluding hydrogens is 481 g/mol. The Bertz CT molecular complexity index is 1310. The summed E-state index contributed by atoms with van der Waals surface area (Å²) < 4.78 is 6.83. The summed E-state index contributed by atoms with van der Waals surface area (Å²) in [5.41, 5.74) is 3.24. The van der Waals surface area contributed by atoms with E-state index in [1.807, 2.05) is 24.4 Å². The van der Waals surface area contributed by atoms with Gasteiger partial charge in [-0.2, -0.15) is 0 Å². The molecule has 174 valence electrons. The maximum absolute atomic E-state index is 13.6. The predicted molar refractivity (Wildman–Crippen MR) is 133 cm³/mol. The molecule has 1 amide bonds. The number of amides is 1. The summed E-state index contributed by atoms with van der Waals surface area (Å²) >= 11 is 15.1. The molecule has 1 saturated heterocycles. The predicted octanol–water partition coefficient (Wildman–Crippen LogP) is 4.65. The van der Waals surface area contributed by atoms with Crippen LogP contribution in [0.2, 0.25) is 10.0 Å². The van der Waals surface area contributed by atoms with E-state index in [0.717, 1.165) is 40.0 Å². The second-order valence-corrected chi connectivity index (χ2v) is 10.7. The zero-order chi connectivity index (χ0) is 23.4. The second kappa shape index (κ2) is 8.71. The minimum absolute atomic E-state index is 0.163. The Kier molecular flexibility index (Phi) is 6.04. The number of rotatable bonds is 5. The van der Waals surface area contributed by atoms with Crippen LogP contribution in [0.15, 0.2) is 22.3 Å². The molecule has 1 aromatic carbocycles. The molecule has 9 heteroatoms. The fourth-order valence-corrected chi connectivity index (χ4v) is 6.69. The summed E-state index contributed by atoms with van der Waals surface area (Å²) in [4.78, 5) is 33.2. The molecule has 0 radical (unpaired) electrons. The van der Waals surface area contributed by atoms with Crippen LogP contribution in [0, 0.1) is 12.8 Å². The van der Waals surface area contributed by atoms with E-state index < -0.39 is 0 Å². The first-order chi connectivity index (χ1) is 15.8. The number of methoxy groups -OCH3 is 1. The number of hydrogen-bond donors (Lipinski definition) is 1. The first-order valence-electron chi connectivity index (χ1n) is 10.9. The number of halogens is 2. The van der Waals surface area contributed by atoms with E-state index in [4.69, 9.17) is 27.9 Å². The van der Waals surface area contributed by atoms with Crippen LogP contribution in [0.4, 0.5) is 0 Å². The number of H-pyrrole nitrogens is 1. The molecule has 1 N–H and O–H groups in total. The number of hydrogen-bond acceptors (Lipinski definition) is 5. The lowest BCUT2D eigenvalue weighted by Gasteiger charge is -2.41. The first kappa shape index (κ1) is 22.9. The van der Waals surface area contributed by atoms with Crippen molar-refractivity contribution in [3.63, 3.8) is 0 Å². The molecule has 1 atom stereocenters. The monoisotopic (exact) mass is 505 g/mol. The van der Waals surface area contributed by atoms with Gasteiger partial charge in [-0.15, -0.1) is 11.3 Å². The Morgan fingerprint density at radius 1 is 1.30 bits per heavy atom. The fraction of sp³-hybridized carbons (Fsp3) is 0.417. The smallest absolute Gasteiger partial charge is 0.256 e. The molecule has 2 aromatic heterocycles. The van der Waals surface area contributed by atoms with Crippen LogP contribution in [0.3, 0.4) is 0 Å². The van der Waals surface area contributed by atoms with Gasteiger partial charge in [0.25, 0.3) is 11.5 Å². The van der Waals surface area contributed by atoms with Gasteiger partial charge in [-0.05, 0) is 43.5 Å². The number of carbonyl (C=O) groups excluding carboxylic acids is 1. The van der Waals surface area contributed by atoms with E-state index >= 15 is 0 Å². The van der Waals surface area contributed by atoms with Crippen LogP contribution >= 0.6 is 34.5 Å². The highest BCUT2D eigenvalue weighted by Gasteiger charge is 2.37. The summed E-state index contributed by atoms with van der Waals surface area (Å²) in [5, 5.41) is 3.81. The van der Waals surface area contributed by atoms with Crippen molar-refractivity contribution in [3.8, 4) is 0 Å². The molecule has 4 heterocycles. The molecule has 0 aliphatic carbocycles. The van der Waals surface area contributed by atoms with Crippen LogP contribution in [-0.2, 0) is 17.7 Å². The van der Waals surface area contributed by atoms with Gasteiger partial charge in [-0.1, -0.05) is 23.2 Å². The average Bonchev–Trinajstić information content (AvgIpc) is 3.25. The van der Waals surface area contributed by atoms with Crippen molar-refractivity contribution in [1.29, 1.82) is 0 Å². The molecular formula is C24H25Cl2N3O3S. The van der Waals surface area contributed by atoms with E-state index in [2.05, 4.69) is 16.9 Å². The number of nitrogens with one attached hydrogen (secondary N) is 1. The molecule has 1 unspecified atom stereocenters. The van der Waals surface area contributed by atoms with Crippen LogP contribution in [-0.4, -0.2) is 54.5 Å². The van der Waals surface area contributed by atoms with E-state index in [9.17, 15) is 9.59 Å². The fourth-order valence-electron chi connectivity index (χ4n) is 5.14. The lowest BCUT2D eigenvalue weighted by molar-refractivity contribution is -0.0197. The summed E-state index contributed by atoms with van der Waals surface area (Å²) in [5.74, 6) is 0.0911. The van der Waals surface area contributed by atoms with Gasteiger partial charge >= 0.3 is 0 Å². The van der Waals surface area contributed by atoms with E-state index in [1.165, 1.54) is 0 Å². The van der Waals surface area contributed by atoms with E-state index in [0.29, 0.717) is 40.1 Å². The van der Waals surface area contributed by atoms with Crippen molar-refractivity contribution in [1.82, 2.24) is 14.8 Å². The quantitative estimate of drug-likeness (QED) is 0.547. The van der Waals surface area contributed by atoms with Crippen molar-refractivity contribution < 1.29 is 9.53 Å². The van der Waals surface area contributed by atoms with Crippen molar-refractivity contribution in [2.24, 2.45) is 5.92 Å². The third kappa shape index (κ3) is 3.80. The third-order valence-corrected chi connectivity index (χ3v) is 8.59. The molecule has 2 aliphatic rings. The van der Waals surface area contributed by atoms with Gasteiger partial charge in [0.15, 0.2) is 0 Å². The van der Waals surface area contributed by atoms with Gasteiger partial charge < -0.3 is 19.5 Å². The highest BCUT2D eigenvalue weighted by molar-refractivity contribution is 7.17. The molecule has 0 saturated carbocycles. The molecule has 1 fully saturated rings. The van der Waals surface area contributed by atoms with Crippen LogP contribution < -0.4 is 5.56 Å². The van der Waals surface area contributed by atoms with E-state index in [-0.39, 0.29) is 24.1 Å². The minimum atomic E-state index is -0.231. The lowest BCUT2D eigenvalue weighted by atomic mass is 9.86. The van der Waals surface area contributed by atoms with E-state index in [1.54, 1.807) is 23.3 Å². The molecule has 33 heavy (non-hydrogen) atoms. The van der Waals surface area contributed by atoms with Crippen molar-refractivity contribution in [2.75, 3.05) is 33.8 Å². The Morgan fingerprint density at radius 3 is 2.76 bits per heavy atom. The topological polar surface area (TPSA) is 65.6 Å². The Hall–Kier alpha value is -1.90. The normalized spacial score (nSPS) is 18.0. The van der Waals surface area contributed by atoms with Gasteiger partial charge in [-0.3, -0.25) is 9.59 Å². The molecule has 6 nitrogen and oxygen atoms in total. The number of fused-ring (bicyclic) bond motifs is 2. The zero-order valence-electron chi connectivity index (χ0n) is 18.7. The maximum Gasteiger partial charge on any atom is 0.256 e. The highest BCUT2D eigenvalue weighted by Crippen LogP contribution is 2.42. The van der Waals surface area contributed by atoms with Crippen LogP contribution in [0.5, 0.6) is 0 Å². The van der Waals surface area contributed by atoms with Gasteiger partial charge in [0.05, 0.1) is 27.9 Å². The molecule has 2 aliphatic heterocycles. The number of ether oxygens (including phenoxy) is 1. The van der Waals surface area contributed by atoms with Crippen LogP contribution in [0.25, 0.3) is 10.1 Å². The number of likely N-dealkylation sites (tertiary alicyclic amines) is 1. The number of aromatic nitrogens is 1.